The van der Waals surface area contributed by atoms with Crippen molar-refractivity contribution in [2.24, 2.45) is 17.6 Å². The van der Waals surface area contributed by atoms with Gasteiger partial charge >= 0.3 is 11.9 Å². The Bertz CT molecular complexity index is 618. The lowest BCUT2D eigenvalue weighted by Crippen LogP contribution is -2.28. The van der Waals surface area contributed by atoms with E-state index in [1.165, 1.54) is 6.92 Å². The summed E-state index contributed by atoms with van der Waals surface area (Å²) in [5.41, 5.74) is 6.61. The molecule has 0 aliphatic heterocycles. The Hall–Kier alpha value is -2.21. The van der Waals surface area contributed by atoms with Gasteiger partial charge in [0.1, 0.15) is 12.4 Å². The SMILES string of the molecule is CC(=O)COC(=O)CCc1ccc(OC(=O)C2CCC(CN)CC2)cc1. The van der Waals surface area contributed by atoms with Crippen molar-refractivity contribution in [1.82, 2.24) is 0 Å². The quantitative estimate of drug-likeness (QED) is 0.564. The maximum Gasteiger partial charge on any atom is 0.314 e. The summed E-state index contributed by atoms with van der Waals surface area (Å²) in [7, 11) is 0. The lowest BCUT2D eigenvalue weighted by atomic mass is 9.82. The van der Waals surface area contributed by atoms with E-state index in [1.54, 1.807) is 12.1 Å². The Morgan fingerprint density at radius 1 is 1.08 bits per heavy atom. The van der Waals surface area contributed by atoms with Crippen molar-refractivity contribution in [3.63, 3.8) is 0 Å². The van der Waals surface area contributed by atoms with E-state index in [9.17, 15) is 14.4 Å². The number of esters is 2. The van der Waals surface area contributed by atoms with E-state index in [1.807, 2.05) is 12.1 Å². The van der Waals surface area contributed by atoms with E-state index in [2.05, 4.69) is 0 Å². The summed E-state index contributed by atoms with van der Waals surface area (Å²) in [5, 5.41) is 0. The number of ether oxygens (including phenoxy) is 2. The highest BCUT2D eigenvalue weighted by molar-refractivity contribution is 5.80. The Morgan fingerprint density at radius 3 is 2.31 bits per heavy atom. The Morgan fingerprint density at radius 2 is 1.73 bits per heavy atom. The number of hydrogen-bond donors (Lipinski definition) is 1. The molecule has 1 saturated carbocycles. The zero-order valence-corrected chi connectivity index (χ0v) is 15.2. The molecule has 0 aromatic heterocycles. The van der Waals surface area contributed by atoms with Crippen molar-refractivity contribution in [2.75, 3.05) is 13.2 Å². The molecule has 0 radical (unpaired) electrons. The molecule has 26 heavy (non-hydrogen) atoms. The van der Waals surface area contributed by atoms with E-state index in [-0.39, 0.29) is 30.7 Å². The minimum absolute atomic E-state index is 0.0477. The smallest absolute Gasteiger partial charge is 0.314 e. The number of carbonyl (C=O) groups excluding carboxylic acids is 3. The van der Waals surface area contributed by atoms with Gasteiger partial charge in [-0.25, -0.2) is 0 Å². The lowest BCUT2D eigenvalue weighted by Gasteiger charge is -2.26. The van der Waals surface area contributed by atoms with Crippen LogP contribution in [-0.4, -0.2) is 30.9 Å². The number of aryl methyl sites for hydroxylation is 1. The van der Waals surface area contributed by atoms with Gasteiger partial charge in [-0.05, 0) is 69.2 Å². The van der Waals surface area contributed by atoms with Gasteiger partial charge in [-0.15, -0.1) is 0 Å². The average molecular weight is 361 g/mol. The Balaban J connectivity index is 1.75. The molecule has 2 N–H and O–H groups in total. The largest absolute Gasteiger partial charge is 0.458 e. The van der Waals surface area contributed by atoms with E-state index in [0.29, 0.717) is 24.6 Å². The molecule has 0 bridgehead atoms. The van der Waals surface area contributed by atoms with Gasteiger partial charge in [0, 0.05) is 6.42 Å². The Kier molecular flexibility index (Phi) is 7.78. The molecule has 0 atom stereocenters. The number of rotatable bonds is 8. The number of ketones is 1. The third-order valence-electron chi connectivity index (χ3n) is 4.71. The normalized spacial score (nSPS) is 19.6. The molecule has 1 aliphatic rings. The van der Waals surface area contributed by atoms with Crippen LogP contribution < -0.4 is 10.5 Å². The molecule has 0 heterocycles. The molecule has 0 saturated heterocycles. The number of Topliss-reactive ketones (excluding diaryl/α,β-unsaturated/α-hetero) is 1. The number of hydrogen-bond acceptors (Lipinski definition) is 6. The van der Waals surface area contributed by atoms with Crippen molar-refractivity contribution >= 4 is 17.7 Å². The summed E-state index contributed by atoms with van der Waals surface area (Å²) >= 11 is 0. The van der Waals surface area contributed by atoms with Crippen molar-refractivity contribution in [3.05, 3.63) is 29.8 Å². The van der Waals surface area contributed by atoms with Crippen molar-refractivity contribution in [1.29, 1.82) is 0 Å². The lowest BCUT2D eigenvalue weighted by molar-refractivity contribution is -0.147. The highest BCUT2D eigenvalue weighted by Gasteiger charge is 2.27. The molecule has 0 amide bonds. The van der Waals surface area contributed by atoms with Crippen LogP contribution in [0.3, 0.4) is 0 Å². The first-order valence-electron chi connectivity index (χ1n) is 9.13. The summed E-state index contributed by atoms with van der Waals surface area (Å²) < 4.78 is 10.3. The molecule has 142 valence electrons. The Labute approximate surface area is 154 Å². The average Bonchev–Trinajstić information content (AvgIpc) is 2.65. The number of carbonyl (C=O) groups is 3. The minimum Gasteiger partial charge on any atom is -0.458 e. The van der Waals surface area contributed by atoms with Gasteiger partial charge in [0.15, 0.2) is 5.78 Å². The maximum atomic E-state index is 12.2. The fourth-order valence-corrected chi connectivity index (χ4v) is 3.06. The fraction of sp³-hybridized carbons (Fsp3) is 0.550. The molecule has 6 heteroatoms. The topological polar surface area (TPSA) is 95.7 Å². The minimum atomic E-state index is -0.399. The van der Waals surface area contributed by atoms with Crippen molar-refractivity contribution in [2.45, 2.75) is 45.4 Å². The van der Waals surface area contributed by atoms with E-state index >= 15 is 0 Å². The molecule has 6 nitrogen and oxygen atoms in total. The summed E-state index contributed by atoms with van der Waals surface area (Å²) in [4.78, 5) is 34.5. The predicted molar refractivity (Wildman–Crippen MR) is 96.5 cm³/mol. The monoisotopic (exact) mass is 361 g/mol. The summed E-state index contributed by atoms with van der Waals surface area (Å²) in [5.74, 6) is 0.235. The third-order valence-corrected chi connectivity index (χ3v) is 4.71. The second-order valence-electron chi connectivity index (χ2n) is 6.88. The van der Waals surface area contributed by atoms with Crippen LogP contribution in [0.4, 0.5) is 0 Å². The van der Waals surface area contributed by atoms with E-state index < -0.39 is 5.97 Å². The number of benzene rings is 1. The maximum absolute atomic E-state index is 12.2. The van der Waals surface area contributed by atoms with E-state index in [0.717, 1.165) is 31.2 Å². The third kappa shape index (κ3) is 6.59. The molecular weight excluding hydrogens is 334 g/mol. The van der Waals surface area contributed by atoms with Crippen LogP contribution in [0.2, 0.25) is 0 Å². The zero-order valence-electron chi connectivity index (χ0n) is 15.2. The second-order valence-corrected chi connectivity index (χ2v) is 6.88. The highest BCUT2D eigenvalue weighted by Crippen LogP contribution is 2.29. The van der Waals surface area contributed by atoms with Gasteiger partial charge in [0.25, 0.3) is 0 Å². The first kappa shape index (κ1) is 20.1. The second kappa shape index (κ2) is 10.1. The molecule has 1 aliphatic carbocycles. The first-order valence-corrected chi connectivity index (χ1v) is 9.13. The van der Waals surface area contributed by atoms with Gasteiger partial charge in [-0.1, -0.05) is 12.1 Å². The molecule has 2 rings (SSSR count). The van der Waals surface area contributed by atoms with Gasteiger partial charge < -0.3 is 15.2 Å². The van der Waals surface area contributed by atoms with Crippen LogP contribution in [0.5, 0.6) is 5.75 Å². The molecule has 1 aromatic carbocycles. The van der Waals surface area contributed by atoms with Crippen molar-refractivity contribution in [3.8, 4) is 5.75 Å². The van der Waals surface area contributed by atoms with Gasteiger partial charge in [-0.2, -0.15) is 0 Å². The van der Waals surface area contributed by atoms with Crippen LogP contribution in [-0.2, 0) is 25.5 Å². The van der Waals surface area contributed by atoms with Crippen molar-refractivity contribution < 1.29 is 23.9 Å². The first-order chi connectivity index (χ1) is 12.5. The highest BCUT2D eigenvalue weighted by atomic mass is 16.5. The molecule has 0 spiro atoms. The van der Waals surface area contributed by atoms with Crippen LogP contribution in [0.15, 0.2) is 24.3 Å². The summed E-state index contributed by atoms with van der Waals surface area (Å²) in [6.45, 7) is 1.88. The molecule has 1 aromatic rings. The van der Waals surface area contributed by atoms with Crippen LogP contribution in [0.25, 0.3) is 0 Å². The van der Waals surface area contributed by atoms with Gasteiger partial charge in [0.05, 0.1) is 5.92 Å². The fourth-order valence-electron chi connectivity index (χ4n) is 3.06. The summed E-state index contributed by atoms with van der Waals surface area (Å²) in [6, 6.07) is 7.12. The predicted octanol–water partition coefficient (Wildman–Crippen LogP) is 2.42. The van der Waals surface area contributed by atoms with Gasteiger partial charge in [0.2, 0.25) is 0 Å². The van der Waals surface area contributed by atoms with Crippen LogP contribution >= 0.6 is 0 Å². The van der Waals surface area contributed by atoms with E-state index in [4.69, 9.17) is 15.2 Å². The van der Waals surface area contributed by atoms with Crippen LogP contribution in [0.1, 0.15) is 44.6 Å². The van der Waals surface area contributed by atoms with Crippen LogP contribution in [0, 0.1) is 11.8 Å². The molecular formula is C20H27NO5. The molecule has 1 fully saturated rings. The standard InChI is InChI=1S/C20H27NO5/c1-14(22)13-25-19(23)11-6-15-4-9-18(10-5-15)26-20(24)17-7-2-16(12-21)3-8-17/h4-5,9-10,16-17H,2-3,6-8,11-13,21H2,1H3. The molecule has 0 unspecified atom stereocenters. The van der Waals surface area contributed by atoms with Gasteiger partial charge in [-0.3, -0.25) is 14.4 Å². The zero-order chi connectivity index (χ0) is 18.9. The summed E-state index contributed by atoms with van der Waals surface area (Å²) in [6.07, 6.45) is 4.34. The number of nitrogens with two attached hydrogens (primary N) is 1.